The first kappa shape index (κ1) is 19.8. The van der Waals surface area contributed by atoms with Gasteiger partial charge in [-0.2, -0.15) is 4.31 Å². The van der Waals surface area contributed by atoms with Crippen LogP contribution in [-0.4, -0.2) is 49.8 Å². The molecule has 0 radical (unpaired) electrons. The maximum absolute atomic E-state index is 13.9. The van der Waals surface area contributed by atoms with Gasteiger partial charge in [0.05, 0.1) is 0 Å². The third kappa shape index (κ3) is 4.47. The number of rotatable bonds is 6. The topological polar surface area (TPSA) is 92.8 Å². The first-order valence-electron chi connectivity index (χ1n) is 9.12. The first-order valence-corrected chi connectivity index (χ1v) is 10.6. The van der Waals surface area contributed by atoms with Crippen molar-refractivity contribution in [1.29, 1.82) is 0 Å². The highest BCUT2D eigenvalue weighted by Crippen LogP contribution is 2.28. The Balaban J connectivity index is 1.62. The molecule has 1 saturated carbocycles. The number of benzene rings is 1. The summed E-state index contributed by atoms with van der Waals surface area (Å²) in [4.78, 5) is 23.8. The van der Waals surface area contributed by atoms with Crippen molar-refractivity contribution in [3.05, 3.63) is 30.1 Å². The lowest BCUT2D eigenvalue weighted by Gasteiger charge is -2.23. The predicted molar refractivity (Wildman–Crippen MR) is 94.7 cm³/mol. The summed E-state index contributed by atoms with van der Waals surface area (Å²) in [5.74, 6) is -2.04. The molecule has 148 valence electrons. The van der Waals surface area contributed by atoms with Gasteiger partial charge in [0.2, 0.25) is 10.0 Å². The normalized spacial score (nSPS) is 21.3. The fourth-order valence-electron chi connectivity index (χ4n) is 3.62. The number of esters is 1. The van der Waals surface area contributed by atoms with E-state index in [2.05, 4.69) is 5.32 Å². The minimum absolute atomic E-state index is 0.102. The maximum atomic E-state index is 13.9. The Hall–Kier alpha value is -2.00. The Morgan fingerprint density at radius 2 is 1.85 bits per heavy atom. The molecule has 1 heterocycles. The molecule has 1 aromatic rings. The van der Waals surface area contributed by atoms with Gasteiger partial charge in [0.1, 0.15) is 16.8 Å². The molecule has 1 aliphatic heterocycles. The van der Waals surface area contributed by atoms with Crippen LogP contribution >= 0.6 is 0 Å². The smallest absolute Gasteiger partial charge is 0.324 e. The van der Waals surface area contributed by atoms with E-state index in [4.69, 9.17) is 4.74 Å². The van der Waals surface area contributed by atoms with Crippen LogP contribution in [0.4, 0.5) is 4.39 Å². The van der Waals surface area contributed by atoms with Gasteiger partial charge < -0.3 is 10.1 Å². The minimum Gasteiger partial charge on any atom is -0.454 e. The molecule has 7 nitrogen and oxygen atoms in total. The van der Waals surface area contributed by atoms with Crippen LogP contribution in [0.5, 0.6) is 0 Å². The Labute approximate surface area is 157 Å². The molecule has 1 saturated heterocycles. The van der Waals surface area contributed by atoms with E-state index in [-0.39, 0.29) is 19.0 Å². The maximum Gasteiger partial charge on any atom is 0.324 e. The van der Waals surface area contributed by atoms with Crippen LogP contribution in [0.3, 0.4) is 0 Å². The van der Waals surface area contributed by atoms with Gasteiger partial charge in [-0.25, -0.2) is 12.8 Å². The molecule has 0 spiro atoms. The average Bonchev–Trinajstić information content (AvgIpc) is 3.31. The summed E-state index contributed by atoms with van der Waals surface area (Å²) in [5.41, 5.74) is 0. The lowest BCUT2D eigenvalue weighted by molar-refractivity contribution is -0.151. The SMILES string of the molecule is O=C(COC(=O)[C@@H]1CCCN1S(=O)(=O)c1ccccc1F)NC1CCCC1. The van der Waals surface area contributed by atoms with Crippen molar-refractivity contribution in [3.63, 3.8) is 0 Å². The van der Waals surface area contributed by atoms with Gasteiger partial charge in [-0.1, -0.05) is 25.0 Å². The molecule has 3 rings (SSSR count). The molecule has 1 atom stereocenters. The van der Waals surface area contributed by atoms with E-state index in [1.807, 2.05) is 0 Å². The molecule has 1 N–H and O–H groups in total. The van der Waals surface area contributed by atoms with Gasteiger partial charge >= 0.3 is 5.97 Å². The van der Waals surface area contributed by atoms with E-state index in [0.29, 0.717) is 6.42 Å². The van der Waals surface area contributed by atoms with Crippen molar-refractivity contribution < 1.29 is 27.1 Å². The second-order valence-electron chi connectivity index (χ2n) is 6.86. The molecule has 1 aromatic carbocycles. The second-order valence-corrected chi connectivity index (χ2v) is 8.72. The van der Waals surface area contributed by atoms with Crippen molar-refractivity contribution >= 4 is 21.9 Å². The summed E-state index contributed by atoms with van der Waals surface area (Å²) in [7, 11) is -4.16. The Kier molecular flexibility index (Phi) is 6.11. The average molecular weight is 398 g/mol. The number of hydrogen-bond acceptors (Lipinski definition) is 5. The van der Waals surface area contributed by atoms with E-state index in [1.165, 1.54) is 18.2 Å². The van der Waals surface area contributed by atoms with Crippen molar-refractivity contribution in [1.82, 2.24) is 9.62 Å². The number of carbonyl (C=O) groups is 2. The third-order valence-corrected chi connectivity index (χ3v) is 6.91. The molecule has 2 aliphatic rings. The van der Waals surface area contributed by atoms with Crippen molar-refractivity contribution in [2.24, 2.45) is 0 Å². The van der Waals surface area contributed by atoms with Crippen LogP contribution < -0.4 is 5.32 Å². The molecule has 0 unspecified atom stereocenters. The minimum atomic E-state index is -4.16. The third-order valence-electron chi connectivity index (χ3n) is 4.96. The standard InChI is InChI=1S/C18H23FN2O5S/c19-14-8-3-4-10-16(14)27(24,25)21-11-5-9-15(21)18(23)26-12-17(22)20-13-6-1-2-7-13/h3-4,8,10,13,15H,1-2,5-7,9,11-12H2,(H,20,22)/t15-/m0/s1. The van der Waals surface area contributed by atoms with Gasteiger partial charge in [-0.05, 0) is 37.8 Å². The molecule has 9 heteroatoms. The number of hydrogen-bond donors (Lipinski definition) is 1. The van der Waals surface area contributed by atoms with Crippen LogP contribution in [-0.2, 0) is 24.3 Å². The van der Waals surface area contributed by atoms with Crippen LogP contribution in [0.1, 0.15) is 38.5 Å². The van der Waals surface area contributed by atoms with Crippen LogP contribution in [0.15, 0.2) is 29.2 Å². The summed E-state index contributed by atoms with van der Waals surface area (Å²) < 4.78 is 45.4. The summed E-state index contributed by atoms with van der Waals surface area (Å²) in [5, 5.41) is 2.80. The molecule has 2 fully saturated rings. The molecular weight excluding hydrogens is 375 g/mol. The largest absolute Gasteiger partial charge is 0.454 e. The Bertz CT molecular complexity index is 808. The highest BCUT2D eigenvalue weighted by atomic mass is 32.2. The highest BCUT2D eigenvalue weighted by molar-refractivity contribution is 7.89. The summed E-state index contributed by atoms with van der Waals surface area (Å²) in [6, 6.07) is 4.11. The van der Waals surface area contributed by atoms with Gasteiger partial charge in [0.15, 0.2) is 6.61 Å². The quantitative estimate of drug-likeness (QED) is 0.735. The number of amides is 1. The number of sulfonamides is 1. The van der Waals surface area contributed by atoms with Crippen molar-refractivity contribution in [2.45, 2.75) is 55.5 Å². The van der Waals surface area contributed by atoms with Crippen molar-refractivity contribution in [3.8, 4) is 0 Å². The van der Waals surface area contributed by atoms with E-state index >= 15 is 0 Å². The number of halogens is 1. The fraction of sp³-hybridized carbons (Fsp3) is 0.556. The summed E-state index contributed by atoms with van der Waals surface area (Å²) in [6.45, 7) is -0.343. The lowest BCUT2D eigenvalue weighted by Crippen LogP contribution is -2.43. The fourth-order valence-corrected chi connectivity index (χ4v) is 5.33. The van der Waals surface area contributed by atoms with E-state index in [1.54, 1.807) is 0 Å². The molecule has 1 aliphatic carbocycles. The van der Waals surface area contributed by atoms with Crippen LogP contribution in [0.2, 0.25) is 0 Å². The molecule has 27 heavy (non-hydrogen) atoms. The van der Waals surface area contributed by atoms with Crippen LogP contribution in [0.25, 0.3) is 0 Å². The zero-order chi connectivity index (χ0) is 19.4. The van der Waals surface area contributed by atoms with Gasteiger partial charge in [-0.15, -0.1) is 0 Å². The van der Waals surface area contributed by atoms with Gasteiger partial charge in [-0.3, -0.25) is 9.59 Å². The highest BCUT2D eigenvalue weighted by Gasteiger charge is 2.41. The number of nitrogens with one attached hydrogen (secondary N) is 1. The second kappa shape index (κ2) is 8.35. The van der Waals surface area contributed by atoms with Gasteiger partial charge in [0, 0.05) is 12.6 Å². The van der Waals surface area contributed by atoms with E-state index < -0.39 is 45.3 Å². The number of ether oxygens (including phenoxy) is 1. The molecule has 0 aromatic heterocycles. The van der Waals surface area contributed by atoms with E-state index in [0.717, 1.165) is 36.1 Å². The molecule has 0 bridgehead atoms. The zero-order valence-electron chi connectivity index (χ0n) is 14.9. The van der Waals surface area contributed by atoms with E-state index in [9.17, 15) is 22.4 Å². The van der Waals surface area contributed by atoms with Gasteiger partial charge in [0.25, 0.3) is 5.91 Å². The van der Waals surface area contributed by atoms with Crippen molar-refractivity contribution in [2.75, 3.05) is 13.2 Å². The number of carbonyl (C=O) groups excluding carboxylic acids is 2. The monoisotopic (exact) mass is 398 g/mol. The number of nitrogens with zero attached hydrogens (tertiary/aromatic N) is 1. The molecule has 1 amide bonds. The Morgan fingerprint density at radius 1 is 1.15 bits per heavy atom. The lowest BCUT2D eigenvalue weighted by atomic mass is 10.2. The Morgan fingerprint density at radius 3 is 2.56 bits per heavy atom. The molecular formula is C18H23FN2O5S. The predicted octanol–water partition coefficient (Wildman–Crippen LogP) is 1.58. The first-order chi connectivity index (χ1) is 12.9. The zero-order valence-corrected chi connectivity index (χ0v) is 15.7. The summed E-state index contributed by atoms with van der Waals surface area (Å²) >= 11 is 0. The van der Waals surface area contributed by atoms with Crippen LogP contribution in [0, 0.1) is 5.82 Å². The summed E-state index contributed by atoms with van der Waals surface area (Å²) in [6.07, 6.45) is 4.69.